The fraction of sp³-hybridized carbons (Fsp3) is 0.124. The molecule has 16 aromatic rings. The van der Waals surface area contributed by atoms with Crippen LogP contribution in [-0.2, 0) is 16.2 Å². The minimum absolute atomic E-state index is 0.0861. The van der Waals surface area contributed by atoms with E-state index in [0.717, 1.165) is 56.7 Å². The molecular weight excluding hydrogens is 1140 g/mol. The molecule has 0 aliphatic heterocycles. The van der Waals surface area contributed by atoms with Gasteiger partial charge >= 0.3 is 0 Å². The molecule has 0 spiro atoms. The Morgan fingerprint density at radius 3 is 1.33 bits per heavy atom. The molecule has 4 heterocycles. The van der Waals surface area contributed by atoms with Crippen LogP contribution in [0.2, 0.25) is 0 Å². The number of aromatic nitrogens is 5. The third-order valence-corrected chi connectivity index (χ3v) is 22.4. The highest BCUT2D eigenvalue weighted by atomic mass is 15.0. The Balaban J connectivity index is 0.744. The van der Waals surface area contributed by atoms with Gasteiger partial charge in [0.05, 0.1) is 44.8 Å². The van der Waals surface area contributed by atoms with Gasteiger partial charge in [0.2, 0.25) is 0 Å². The second-order valence-corrected chi connectivity index (χ2v) is 28.3. The van der Waals surface area contributed by atoms with Gasteiger partial charge in [-0.3, -0.25) is 0 Å². The van der Waals surface area contributed by atoms with Gasteiger partial charge in [-0.2, -0.15) is 0 Å². The van der Waals surface area contributed by atoms with Crippen molar-refractivity contribution in [3.63, 3.8) is 0 Å². The van der Waals surface area contributed by atoms with Gasteiger partial charge in [-0.25, -0.2) is 9.97 Å². The lowest BCUT2D eigenvalue weighted by Crippen LogP contribution is -2.14. The largest absolute Gasteiger partial charge is 0.333 e. The van der Waals surface area contributed by atoms with Gasteiger partial charge in [-0.05, 0) is 157 Å². The van der Waals surface area contributed by atoms with Crippen LogP contribution in [0.25, 0.3) is 149 Å². The van der Waals surface area contributed by atoms with Gasteiger partial charge < -0.3 is 13.7 Å². The van der Waals surface area contributed by atoms with E-state index < -0.39 is 0 Å². The molecule has 1 unspecified atom stereocenters. The highest BCUT2D eigenvalue weighted by Gasteiger charge is 2.41. The van der Waals surface area contributed by atoms with Crippen molar-refractivity contribution >= 4 is 81.9 Å². The molecule has 12 aromatic carbocycles. The lowest BCUT2D eigenvalue weighted by atomic mass is 9.82. The molecule has 0 fully saturated rings. The van der Waals surface area contributed by atoms with Crippen LogP contribution in [-0.4, -0.2) is 23.7 Å². The Morgan fingerprint density at radius 2 is 0.798 bits per heavy atom. The molecule has 0 radical (unpaired) electrons. The van der Waals surface area contributed by atoms with Gasteiger partial charge in [-0.1, -0.05) is 236 Å². The molecule has 0 N–H and O–H groups in total. The van der Waals surface area contributed by atoms with E-state index in [9.17, 15) is 0 Å². The first kappa shape index (κ1) is 53.5. The van der Waals surface area contributed by atoms with Crippen molar-refractivity contribution in [2.75, 3.05) is 0 Å². The third kappa shape index (κ3) is 7.13. The summed E-state index contributed by atoms with van der Waals surface area (Å²) in [6, 6.07) is 93.3. The minimum atomic E-state index is -0.120. The third-order valence-electron chi connectivity index (χ3n) is 22.4. The van der Waals surface area contributed by atoms with Crippen molar-refractivity contribution in [2.45, 2.75) is 70.3 Å². The van der Waals surface area contributed by atoms with E-state index in [-0.39, 0.29) is 22.3 Å². The number of benzene rings is 12. The van der Waals surface area contributed by atoms with E-state index in [2.05, 4.69) is 322 Å². The van der Waals surface area contributed by atoms with Crippen molar-refractivity contribution in [1.82, 2.24) is 23.7 Å². The molecule has 446 valence electrons. The van der Waals surface area contributed by atoms with Crippen molar-refractivity contribution < 1.29 is 0 Å². The Bertz CT molecular complexity index is 6120. The normalized spacial score (nSPS) is 16.1. The summed E-state index contributed by atoms with van der Waals surface area (Å²) >= 11 is 0. The summed E-state index contributed by atoms with van der Waals surface area (Å²) in [4.78, 5) is 11.3. The quantitative estimate of drug-likeness (QED) is 0.166. The summed E-state index contributed by atoms with van der Waals surface area (Å²) in [5.41, 5.74) is 31.6. The van der Waals surface area contributed by atoms with Crippen molar-refractivity contribution in [1.29, 1.82) is 0 Å². The first-order valence-electron chi connectivity index (χ1n) is 33.3. The average molecular weight is 1200 g/mol. The number of hydrogen-bond donors (Lipinski definition) is 0. The Labute approximate surface area is 545 Å². The molecule has 5 heteroatoms. The highest BCUT2D eigenvalue weighted by Crippen LogP contribution is 2.57. The monoisotopic (exact) mass is 1200 g/mol. The zero-order valence-electron chi connectivity index (χ0n) is 53.4. The standard InChI is InChI=1S/C89H65N5/c1-87(2)66-31-13-7-25-59(66)79-69(87)42-46-76-82(79)62-28-10-16-34-73(62)92(76)56-40-37-52(38-41-56)86-90-72-45-39-54(53-21-19-23-57(49-53)93-74-35-17-11-29-63(74)83-77(93)47-43-70-80(83)60-26-8-14-32-67(60)88(70,3)4)51-65(72)85(91-86)55-22-20-24-58(50-55)94-75-36-18-12-30-64(75)84-78(94)48-44-71-81(84)61-27-9-15-33-68(61)89(71,5)6/h7-40,42-51,56H,41H2,1-6H3. The van der Waals surface area contributed by atoms with Crippen molar-refractivity contribution in [3.8, 4) is 67.1 Å². The molecule has 0 amide bonds. The lowest BCUT2D eigenvalue weighted by Gasteiger charge is -2.22. The molecular formula is C89H65N5. The molecule has 4 aliphatic rings. The summed E-state index contributed by atoms with van der Waals surface area (Å²) in [6.07, 6.45) is 7.83. The second kappa shape index (κ2) is 19.0. The zero-order valence-corrected chi connectivity index (χ0v) is 53.4. The van der Waals surface area contributed by atoms with E-state index in [1.165, 1.54) is 132 Å². The van der Waals surface area contributed by atoms with Crippen molar-refractivity contribution in [3.05, 3.63) is 306 Å². The summed E-state index contributed by atoms with van der Waals surface area (Å²) in [6.45, 7) is 14.2. The molecule has 0 bridgehead atoms. The molecule has 4 aromatic heterocycles. The number of rotatable bonds is 6. The first-order valence-corrected chi connectivity index (χ1v) is 33.3. The average Bonchev–Trinajstić information content (AvgIpc) is 1.56. The Kier molecular flexibility index (Phi) is 10.8. The van der Waals surface area contributed by atoms with Crippen LogP contribution in [0, 0.1) is 0 Å². The van der Waals surface area contributed by atoms with Crippen molar-refractivity contribution in [2.24, 2.45) is 0 Å². The first-order chi connectivity index (χ1) is 45.9. The topological polar surface area (TPSA) is 40.6 Å². The molecule has 0 saturated carbocycles. The fourth-order valence-electron chi connectivity index (χ4n) is 17.9. The van der Waals surface area contributed by atoms with E-state index in [1.807, 2.05) is 0 Å². The van der Waals surface area contributed by atoms with Crippen LogP contribution in [0.3, 0.4) is 0 Å². The summed E-state index contributed by atoms with van der Waals surface area (Å²) < 4.78 is 7.52. The summed E-state index contributed by atoms with van der Waals surface area (Å²) in [5, 5.41) is 8.76. The van der Waals surface area contributed by atoms with E-state index in [0.29, 0.717) is 5.82 Å². The Hall–Kier alpha value is -11.1. The minimum Gasteiger partial charge on any atom is -0.333 e. The number of hydrogen-bond acceptors (Lipinski definition) is 2. The molecule has 0 saturated heterocycles. The fourth-order valence-corrected chi connectivity index (χ4v) is 17.9. The van der Waals surface area contributed by atoms with Gasteiger partial charge in [0.15, 0.2) is 5.82 Å². The van der Waals surface area contributed by atoms with E-state index in [1.54, 1.807) is 0 Å². The summed E-state index contributed by atoms with van der Waals surface area (Å²) in [5.74, 6) is 0.716. The predicted octanol–water partition coefficient (Wildman–Crippen LogP) is 22.8. The zero-order chi connectivity index (χ0) is 62.7. The maximum atomic E-state index is 5.76. The van der Waals surface area contributed by atoms with Crippen LogP contribution < -0.4 is 0 Å². The van der Waals surface area contributed by atoms with Gasteiger partial charge in [0.1, 0.15) is 0 Å². The lowest BCUT2D eigenvalue weighted by molar-refractivity contribution is 0.647. The van der Waals surface area contributed by atoms with Gasteiger partial charge in [-0.15, -0.1) is 0 Å². The number of fused-ring (bicyclic) bond motifs is 22. The van der Waals surface area contributed by atoms with Crippen LogP contribution >= 0.6 is 0 Å². The van der Waals surface area contributed by atoms with Crippen LogP contribution in [0.4, 0.5) is 0 Å². The maximum Gasteiger partial charge on any atom is 0.160 e. The van der Waals surface area contributed by atoms with E-state index >= 15 is 0 Å². The number of nitrogens with zero attached hydrogens (tertiary/aromatic N) is 5. The predicted molar refractivity (Wildman–Crippen MR) is 392 cm³/mol. The number of para-hydroxylation sites is 3. The Morgan fingerprint density at radius 1 is 0.351 bits per heavy atom. The van der Waals surface area contributed by atoms with Crippen LogP contribution in [0.5, 0.6) is 0 Å². The molecule has 4 aliphatic carbocycles. The van der Waals surface area contributed by atoms with Gasteiger partial charge in [0.25, 0.3) is 0 Å². The second-order valence-electron chi connectivity index (χ2n) is 28.3. The van der Waals surface area contributed by atoms with Gasteiger partial charge in [0, 0.05) is 82.0 Å². The number of allylic oxidation sites excluding steroid dienone is 4. The van der Waals surface area contributed by atoms with E-state index in [4.69, 9.17) is 9.97 Å². The molecule has 1 atom stereocenters. The van der Waals surface area contributed by atoms with Crippen LogP contribution in [0.1, 0.15) is 93.2 Å². The van der Waals surface area contributed by atoms with Crippen LogP contribution in [0.15, 0.2) is 267 Å². The smallest absolute Gasteiger partial charge is 0.160 e. The molecule has 20 rings (SSSR count). The summed E-state index contributed by atoms with van der Waals surface area (Å²) in [7, 11) is 0. The molecule has 94 heavy (non-hydrogen) atoms. The SMILES string of the molecule is CC1(C)c2ccccc2-c2c1ccc1c2c2ccccc2n1-c1cccc(-c2ccc3nc(C4=CCC(n5c6ccccc6c6c7c(ccc65)C(C)(C)c5ccccc5-7)C=C4)nc(-c4cccc(-n5c6ccccc6c6c7c(ccc65)C(C)(C)c5ccccc5-7)c4)c3c2)c1. The molecule has 5 nitrogen and oxygen atoms in total. The highest BCUT2D eigenvalue weighted by molar-refractivity contribution is 6.20. The maximum absolute atomic E-state index is 5.76.